The standard InChI is InChI=1S/C13H12N4O/c1-9-4-3-5-11(13(18)16-2)12(9)17-8-10(6-14)7-15/h3-5,8,17H,1-2H3,(H,16,18). The zero-order valence-electron chi connectivity index (χ0n) is 10.1. The van der Waals surface area contributed by atoms with Gasteiger partial charge in [-0.15, -0.1) is 0 Å². The summed E-state index contributed by atoms with van der Waals surface area (Å²) < 4.78 is 0. The van der Waals surface area contributed by atoms with Gasteiger partial charge in [-0.25, -0.2) is 0 Å². The maximum Gasteiger partial charge on any atom is 0.253 e. The minimum absolute atomic E-state index is 0.0545. The number of carbonyl (C=O) groups excluding carboxylic acids is 1. The molecule has 0 aliphatic heterocycles. The summed E-state index contributed by atoms with van der Waals surface area (Å²) in [6.07, 6.45) is 1.29. The molecule has 0 atom stereocenters. The molecule has 0 spiro atoms. The number of rotatable bonds is 3. The van der Waals surface area contributed by atoms with Crippen LogP contribution < -0.4 is 10.6 Å². The normalized spacial score (nSPS) is 8.67. The SMILES string of the molecule is CNC(=O)c1cccc(C)c1NC=C(C#N)C#N. The van der Waals surface area contributed by atoms with Crippen LogP contribution in [0.3, 0.4) is 0 Å². The molecule has 1 amide bonds. The van der Waals surface area contributed by atoms with Crippen molar-refractivity contribution in [3.8, 4) is 12.1 Å². The Morgan fingerprint density at radius 2 is 2.00 bits per heavy atom. The quantitative estimate of drug-likeness (QED) is 0.787. The van der Waals surface area contributed by atoms with Crippen molar-refractivity contribution < 1.29 is 4.79 Å². The number of benzene rings is 1. The molecule has 5 nitrogen and oxygen atoms in total. The Hall–Kier alpha value is -2.79. The predicted molar refractivity (Wildman–Crippen MR) is 67.5 cm³/mol. The number of aryl methyl sites for hydroxylation is 1. The zero-order valence-corrected chi connectivity index (χ0v) is 10.1. The number of carbonyl (C=O) groups is 1. The van der Waals surface area contributed by atoms with Gasteiger partial charge in [0.2, 0.25) is 0 Å². The molecule has 0 aliphatic carbocycles. The van der Waals surface area contributed by atoms with E-state index >= 15 is 0 Å². The molecule has 0 fully saturated rings. The van der Waals surface area contributed by atoms with E-state index in [4.69, 9.17) is 10.5 Å². The Labute approximate surface area is 105 Å². The molecule has 0 heterocycles. The minimum Gasteiger partial charge on any atom is -0.359 e. The first-order valence-corrected chi connectivity index (χ1v) is 5.22. The van der Waals surface area contributed by atoms with Crippen LogP contribution in [0.4, 0.5) is 5.69 Å². The van der Waals surface area contributed by atoms with Gasteiger partial charge in [-0.2, -0.15) is 10.5 Å². The summed E-state index contributed by atoms with van der Waals surface area (Å²) in [6, 6.07) is 8.75. The number of anilines is 1. The summed E-state index contributed by atoms with van der Waals surface area (Å²) in [5.74, 6) is -0.231. The molecule has 0 saturated heterocycles. The number of allylic oxidation sites excluding steroid dienone is 1. The monoisotopic (exact) mass is 240 g/mol. The third-order valence-corrected chi connectivity index (χ3v) is 2.35. The Bertz CT molecular complexity index is 560. The molecular formula is C13H12N4O. The van der Waals surface area contributed by atoms with Crippen LogP contribution in [0, 0.1) is 29.6 Å². The first-order valence-electron chi connectivity index (χ1n) is 5.22. The van der Waals surface area contributed by atoms with Crippen molar-refractivity contribution in [2.45, 2.75) is 6.92 Å². The molecular weight excluding hydrogens is 228 g/mol. The van der Waals surface area contributed by atoms with Gasteiger partial charge in [0.1, 0.15) is 17.7 Å². The molecule has 90 valence electrons. The van der Waals surface area contributed by atoms with Gasteiger partial charge in [0.05, 0.1) is 11.3 Å². The van der Waals surface area contributed by atoms with Gasteiger partial charge in [-0.1, -0.05) is 12.1 Å². The Balaban J connectivity index is 3.17. The van der Waals surface area contributed by atoms with E-state index in [9.17, 15) is 4.79 Å². The van der Waals surface area contributed by atoms with Crippen molar-refractivity contribution in [3.63, 3.8) is 0 Å². The number of nitrogens with one attached hydrogen (secondary N) is 2. The van der Waals surface area contributed by atoms with Crippen LogP contribution in [0.1, 0.15) is 15.9 Å². The van der Waals surface area contributed by atoms with Gasteiger partial charge in [-0.3, -0.25) is 4.79 Å². The summed E-state index contributed by atoms with van der Waals surface area (Å²) in [6.45, 7) is 1.83. The zero-order chi connectivity index (χ0) is 13.5. The maximum absolute atomic E-state index is 11.7. The Morgan fingerprint density at radius 1 is 1.33 bits per heavy atom. The Kier molecular flexibility index (Phi) is 4.48. The molecule has 2 N–H and O–H groups in total. The van der Waals surface area contributed by atoms with Crippen molar-refractivity contribution in [1.82, 2.24) is 5.32 Å². The predicted octanol–water partition coefficient (Wildman–Crippen LogP) is 1.70. The molecule has 5 heteroatoms. The first kappa shape index (κ1) is 13.3. The lowest BCUT2D eigenvalue weighted by Crippen LogP contribution is -2.19. The lowest BCUT2D eigenvalue weighted by molar-refractivity contribution is 0.0964. The van der Waals surface area contributed by atoms with Crippen molar-refractivity contribution in [2.75, 3.05) is 12.4 Å². The van der Waals surface area contributed by atoms with Crippen LogP contribution in [-0.4, -0.2) is 13.0 Å². The van der Waals surface area contributed by atoms with Crippen molar-refractivity contribution in [3.05, 3.63) is 41.1 Å². The number of hydrogen-bond acceptors (Lipinski definition) is 4. The second-order valence-corrected chi connectivity index (χ2v) is 3.50. The number of nitriles is 2. The average molecular weight is 240 g/mol. The smallest absolute Gasteiger partial charge is 0.253 e. The number of nitrogens with zero attached hydrogens (tertiary/aromatic N) is 2. The second-order valence-electron chi connectivity index (χ2n) is 3.50. The molecule has 1 rings (SSSR count). The molecule has 0 bridgehead atoms. The van der Waals surface area contributed by atoms with Crippen LogP contribution in [0.2, 0.25) is 0 Å². The third kappa shape index (κ3) is 2.87. The third-order valence-electron chi connectivity index (χ3n) is 2.35. The molecule has 0 saturated carbocycles. The summed E-state index contributed by atoms with van der Waals surface area (Å²) in [5, 5.41) is 22.6. The second kappa shape index (κ2) is 6.07. The van der Waals surface area contributed by atoms with E-state index in [1.165, 1.54) is 6.20 Å². The highest BCUT2D eigenvalue weighted by Gasteiger charge is 2.10. The highest BCUT2D eigenvalue weighted by atomic mass is 16.1. The molecule has 1 aromatic rings. The van der Waals surface area contributed by atoms with E-state index in [2.05, 4.69) is 10.6 Å². The van der Waals surface area contributed by atoms with Crippen molar-refractivity contribution in [1.29, 1.82) is 10.5 Å². The number of amides is 1. The van der Waals surface area contributed by atoms with Gasteiger partial charge >= 0.3 is 0 Å². The van der Waals surface area contributed by atoms with Crippen LogP contribution in [0.25, 0.3) is 0 Å². The number of hydrogen-bond donors (Lipinski definition) is 2. The van der Waals surface area contributed by atoms with E-state index in [0.717, 1.165) is 5.56 Å². The topological polar surface area (TPSA) is 88.7 Å². The molecule has 0 aliphatic rings. The summed E-state index contributed by atoms with van der Waals surface area (Å²) in [4.78, 5) is 11.7. The van der Waals surface area contributed by atoms with Gasteiger partial charge in [0, 0.05) is 13.2 Å². The van der Waals surface area contributed by atoms with Gasteiger partial charge in [-0.05, 0) is 18.6 Å². The molecule has 18 heavy (non-hydrogen) atoms. The van der Waals surface area contributed by atoms with E-state index in [0.29, 0.717) is 11.3 Å². The van der Waals surface area contributed by atoms with Gasteiger partial charge < -0.3 is 10.6 Å². The first-order chi connectivity index (χ1) is 8.63. The minimum atomic E-state index is -0.231. The van der Waals surface area contributed by atoms with Gasteiger partial charge in [0.15, 0.2) is 0 Å². The molecule has 0 unspecified atom stereocenters. The van der Waals surface area contributed by atoms with Crippen molar-refractivity contribution >= 4 is 11.6 Å². The fraction of sp³-hybridized carbons (Fsp3) is 0.154. The highest BCUT2D eigenvalue weighted by molar-refractivity contribution is 6.00. The lowest BCUT2D eigenvalue weighted by Gasteiger charge is -2.11. The van der Waals surface area contributed by atoms with E-state index in [1.807, 2.05) is 13.0 Å². The van der Waals surface area contributed by atoms with E-state index in [1.54, 1.807) is 31.3 Å². The van der Waals surface area contributed by atoms with Gasteiger partial charge in [0.25, 0.3) is 5.91 Å². The average Bonchev–Trinajstić information content (AvgIpc) is 2.40. The van der Waals surface area contributed by atoms with E-state index < -0.39 is 0 Å². The largest absolute Gasteiger partial charge is 0.359 e. The molecule has 1 aromatic carbocycles. The highest BCUT2D eigenvalue weighted by Crippen LogP contribution is 2.20. The summed E-state index contributed by atoms with van der Waals surface area (Å²) in [7, 11) is 1.54. The van der Waals surface area contributed by atoms with Crippen LogP contribution in [0.5, 0.6) is 0 Å². The molecule has 0 radical (unpaired) electrons. The van der Waals surface area contributed by atoms with Crippen LogP contribution in [-0.2, 0) is 0 Å². The summed E-state index contributed by atoms with van der Waals surface area (Å²) in [5.41, 5.74) is 1.84. The van der Waals surface area contributed by atoms with Crippen LogP contribution in [0.15, 0.2) is 30.0 Å². The molecule has 0 aromatic heterocycles. The number of para-hydroxylation sites is 1. The van der Waals surface area contributed by atoms with Crippen molar-refractivity contribution in [2.24, 2.45) is 0 Å². The fourth-order valence-corrected chi connectivity index (χ4v) is 1.42. The maximum atomic E-state index is 11.7. The van der Waals surface area contributed by atoms with E-state index in [-0.39, 0.29) is 11.5 Å². The fourth-order valence-electron chi connectivity index (χ4n) is 1.42. The Morgan fingerprint density at radius 3 is 2.56 bits per heavy atom. The summed E-state index contributed by atoms with van der Waals surface area (Å²) >= 11 is 0. The van der Waals surface area contributed by atoms with Crippen LogP contribution >= 0.6 is 0 Å². The lowest BCUT2D eigenvalue weighted by atomic mass is 10.1.